The fourth-order valence-electron chi connectivity index (χ4n) is 5.98. The van der Waals surface area contributed by atoms with Gasteiger partial charge >= 0.3 is 5.97 Å². The minimum absolute atomic E-state index is 0.0125. The smallest absolute Gasteiger partial charge is 0.341 e. The third-order valence-electron chi connectivity index (χ3n) is 8.27. The molecule has 6 rings (SSSR count). The number of fused-ring (bicyclic) bond motifs is 3. The molecule has 0 amide bonds. The van der Waals surface area contributed by atoms with Crippen LogP contribution in [-0.2, 0) is 16.2 Å². The van der Waals surface area contributed by atoms with Crippen molar-refractivity contribution in [2.24, 2.45) is 5.16 Å². The zero-order valence-electron chi connectivity index (χ0n) is 24.7. The molecule has 1 saturated heterocycles. The maximum absolute atomic E-state index is 13.4. The molecule has 4 aromatic carbocycles. The Labute approximate surface area is 256 Å². The molecule has 218 valence electrons. The normalized spacial score (nSPS) is 15.1. The number of aryl methyl sites for hydroxylation is 2. The van der Waals surface area contributed by atoms with E-state index in [9.17, 15) is 9.59 Å². The van der Waals surface area contributed by atoms with Gasteiger partial charge in [-0.1, -0.05) is 65.8 Å². The summed E-state index contributed by atoms with van der Waals surface area (Å²) in [6.45, 7) is 8.39. The summed E-state index contributed by atoms with van der Waals surface area (Å²) in [5.41, 5.74) is 6.87. The number of nitrogens with zero attached hydrogens (tertiary/aromatic N) is 3. The van der Waals surface area contributed by atoms with Crippen LogP contribution in [0.4, 0.5) is 0 Å². The molecule has 1 aliphatic rings. The lowest BCUT2D eigenvalue weighted by atomic mass is 9.97. The van der Waals surface area contributed by atoms with Gasteiger partial charge in [0.15, 0.2) is 5.78 Å². The first kappa shape index (κ1) is 28.9. The molecule has 1 unspecified atom stereocenters. The number of benzene rings is 4. The van der Waals surface area contributed by atoms with Crippen LogP contribution in [0, 0.1) is 6.92 Å². The Balaban J connectivity index is 1.33. The van der Waals surface area contributed by atoms with Crippen LogP contribution in [0.5, 0.6) is 0 Å². The number of hydrogen-bond donors (Lipinski definition) is 0. The molecule has 1 aliphatic heterocycles. The van der Waals surface area contributed by atoms with Crippen LogP contribution in [0.1, 0.15) is 52.5 Å². The van der Waals surface area contributed by atoms with Gasteiger partial charge in [-0.15, -0.1) is 0 Å². The highest BCUT2D eigenvalue weighted by atomic mass is 32.2. The molecule has 7 heteroatoms. The second-order valence-corrected chi connectivity index (χ2v) is 12.1. The second kappa shape index (κ2) is 12.6. The highest BCUT2D eigenvalue weighted by Gasteiger charge is 2.30. The van der Waals surface area contributed by atoms with Crippen molar-refractivity contribution < 1.29 is 14.4 Å². The summed E-state index contributed by atoms with van der Waals surface area (Å²) >= 11 is 1.90. The fraction of sp³-hybridized carbons (Fsp3) is 0.250. The van der Waals surface area contributed by atoms with E-state index in [1.807, 2.05) is 104 Å². The summed E-state index contributed by atoms with van der Waals surface area (Å²) in [6, 6.07) is 29.1. The van der Waals surface area contributed by atoms with E-state index in [0.29, 0.717) is 16.8 Å². The van der Waals surface area contributed by atoms with Crippen LogP contribution in [0.15, 0.2) is 96.2 Å². The number of carbonyl (C=O) groups excluding carboxylic acids is 2. The summed E-state index contributed by atoms with van der Waals surface area (Å²) in [7, 11) is 0. The molecule has 2 heterocycles. The van der Waals surface area contributed by atoms with Crippen LogP contribution >= 0.6 is 11.8 Å². The van der Waals surface area contributed by atoms with Gasteiger partial charge in [-0.3, -0.25) is 9.69 Å². The van der Waals surface area contributed by atoms with E-state index in [-0.39, 0.29) is 11.8 Å². The third kappa shape index (κ3) is 5.75. The Hall–Kier alpha value is -4.20. The first-order valence-electron chi connectivity index (χ1n) is 14.7. The van der Waals surface area contributed by atoms with Gasteiger partial charge in [0, 0.05) is 64.1 Å². The van der Waals surface area contributed by atoms with E-state index in [1.165, 1.54) is 0 Å². The maximum Gasteiger partial charge on any atom is 0.356 e. The van der Waals surface area contributed by atoms with Crippen LogP contribution in [0.3, 0.4) is 0 Å². The Morgan fingerprint density at radius 1 is 0.860 bits per heavy atom. The zero-order valence-corrected chi connectivity index (χ0v) is 25.6. The predicted molar refractivity (Wildman–Crippen MR) is 176 cm³/mol. The van der Waals surface area contributed by atoms with E-state index in [2.05, 4.69) is 33.7 Å². The van der Waals surface area contributed by atoms with E-state index in [4.69, 9.17) is 4.84 Å². The highest BCUT2D eigenvalue weighted by molar-refractivity contribution is 7.99. The molecule has 0 bridgehead atoms. The van der Waals surface area contributed by atoms with Gasteiger partial charge in [-0.2, -0.15) is 11.8 Å². The Kier molecular flexibility index (Phi) is 8.45. The number of thioether (sulfide) groups is 1. The average Bonchev–Trinajstić information content (AvgIpc) is 3.37. The van der Waals surface area contributed by atoms with Crippen molar-refractivity contribution in [1.82, 2.24) is 9.47 Å². The van der Waals surface area contributed by atoms with Gasteiger partial charge in [0.05, 0.1) is 5.71 Å². The zero-order chi connectivity index (χ0) is 29.9. The number of rotatable bonds is 8. The lowest BCUT2D eigenvalue weighted by molar-refractivity contribution is -0.150. The van der Waals surface area contributed by atoms with Crippen molar-refractivity contribution in [1.29, 1.82) is 0 Å². The molecule has 5 aromatic rings. The van der Waals surface area contributed by atoms with Gasteiger partial charge in [0.2, 0.25) is 0 Å². The van der Waals surface area contributed by atoms with Crippen LogP contribution < -0.4 is 0 Å². The molecular weight excluding hydrogens is 554 g/mol. The minimum Gasteiger partial charge on any atom is -0.341 e. The Bertz CT molecular complexity index is 1840. The van der Waals surface area contributed by atoms with Gasteiger partial charge in [-0.05, 0) is 67.8 Å². The van der Waals surface area contributed by atoms with E-state index in [1.54, 1.807) is 0 Å². The SMILES string of the molecule is CCn1c2ccc(C(=O)c3ccccc3C)cc2c2cc(/C(C)=N/OC(=O)C(c3ccccc3)N3CCSCC3)ccc21. The maximum atomic E-state index is 13.4. The summed E-state index contributed by atoms with van der Waals surface area (Å²) in [5.74, 6) is 1.62. The number of aromatic nitrogens is 1. The first-order valence-corrected chi connectivity index (χ1v) is 15.9. The first-order chi connectivity index (χ1) is 21.0. The van der Waals surface area contributed by atoms with E-state index in [0.717, 1.165) is 69.6 Å². The van der Waals surface area contributed by atoms with E-state index >= 15 is 0 Å². The summed E-state index contributed by atoms with van der Waals surface area (Å²) in [4.78, 5) is 34.7. The number of carbonyl (C=O) groups is 2. The molecule has 1 aromatic heterocycles. The largest absolute Gasteiger partial charge is 0.356 e. The highest BCUT2D eigenvalue weighted by Crippen LogP contribution is 2.32. The van der Waals surface area contributed by atoms with Crippen molar-refractivity contribution in [3.63, 3.8) is 0 Å². The quantitative estimate of drug-likeness (QED) is 0.0816. The van der Waals surface area contributed by atoms with Crippen LogP contribution in [0.25, 0.3) is 21.8 Å². The van der Waals surface area contributed by atoms with Gasteiger partial charge in [-0.25, -0.2) is 4.79 Å². The third-order valence-corrected chi connectivity index (χ3v) is 9.22. The fourth-order valence-corrected chi connectivity index (χ4v) is 6.91. The number of ketones is 1. The lowest BCUT2D eigenvalue weighted by Gasteiger charge is -2.32. The van der Waals surface area contributed by atoms with Gasteiger partial charge in [0.25, 0.3) is 0 Å². The summed E-state index contributed by atoms with van der Waals surface area (Å²) < 4.78 is 2.25. The van der Waals surface area contributed by atoms with Crippen molar-refractivity contribution >= 4 is 51.0 Å². The molecule has 43 heavy (non-hydrogen) atoms. The standard InChI is InChI=1S/C36H35N3O3S/c1-4-39-32-16-14-27(22-30(32)31-23-28(15-17-33(31)39)35(40)29-13-9-8-10-24(29)2)25(3)37-42-36(41)34(26-11-6-5-7-12-26)38-18-20-43-21-19-38/h5-17,22-23,34H,4,18-21H2,1-3H3/b37-25+. The van der Waals surface area contributed by atoms with Crippen LogP contribution in [-0.4, -0.2) is 51.5 Å². The van der Waals surface area contributed by atoms with Crippen molar-refractivity contribution in [2.45, 2.75) is 33.4 Å². The minimum atomic E-state index is -0.493. The molecule has 0 aliphatic carbocycles. The molecule has 1 fully saturated rings. The molecule has 0 N–H and O–H groups in total. The van der Waals surface area contributed by atoms with E-state index < -0.39 is 6.04 Å². The molecule has 0 saturated carbocycles. The Morgan fingerprint density at radius 3 is 2.16 bits per heavy atom. The van der Waals surface area contributed by atoms with Gasteiger partial charge in [0.1, 0.15) is 6.04 Å². The molecule has 0 spiro atoms. The molecule has 0 radical (unpaired) electrons. The van der Waals surface area contributed by atoms with Crippen molar-refractivity contribution in [2.75, 3.05) is 24.6 Å². The summed E-state index contributed by atoms with van der Waals surface area (Å²) in [6.07, 6.45) is 0. The van der Waals surface area contributed by atoms with Crippen molar-refractivity contribution in [3.05, 3.63) is 119 Å². The lowest BCUT2D eigenvalue weighted by Crippen LogP contribution is -2.40. The molecular formula is C36H35N3O3S. The molecule has 6 nitrogen and oxygen atoms in total. The molecule has 1 atom stereocenters. The predicted octanol–water partition coefficient (Wildman–Crippen LogP) is 7.41. The Morgan fingerprint density at radius 2 is 1.49 bits per heavy atom. The number of hydrogen-bond acceptors (Lipinski definition) is 6. The van der Waals surface area contributed by atoms with Crippen molar-refractivity contribution in [3.8, 4) is 0 Å². The topological polar surface area (TPSA) is 63.9 Å². The van der Waals surface area contributed by atoms with Crippen LogP contribution in [0.2, 0.25) is 0 Å². The average molecular weight is 590 g/mol. The monoisotopic (exact) mass is 589 g/mol. The van der Waals surface area contributed by atoms with Gasteiger partial charge < -0.3 is 9.40 Å². The summed E-state index contributed by atoms with van der Waals surface area (Å²) in [5, 5.41) is 6.36. The number of oxime groups is 1. The second-order valence-electron chi connectivity index (χ2n) is 10.9.